The fraction of sp³-hybridized carbons (Fsp3) is 0.462. The monoisotopic (exact) mass is 286 g/mol. The molecule has 5 heteroatoms. The molecule has 1 saturated heterocycles. The molecule has 0 aromatic heterocycles. The highest BCUT2D eigenvalue weighted by Crippen LogP contribution is 2.21. The zero-order valence-corrected chi connectivity index (χ0v) is 12.1. The van der Waals surface area contributed by atoms with Crippen molar-refractivity contribution in [2.75, 3.05) is 30.4 Å². The molecule has 1 aliphatic heterocycles. The number of rotatable bonds is 4. The van der Waals surface area contributed by atoms with Gasteiger partial charge in [0.2, 0.25) is 5.91 Å². The van der Waals surface area contributed by atoms with Crippen molar-refractivity contribution in [1.82, 2.24) is 4.90 Å². The van der Waals surface area contributed by atoms with Gasteiger partial charge in [-0.3, -0.25) is 4.79 Å². The van der Waals surface area contributed by atoms with Crippen LogP contribution in [0.3, 0.4) is 0 Å². The molecule has 0 saturated carbocycles. The van der Waals surface area contributed by atoms with Crippen LogP contribution in [-0.4, -0.2) is 41.9 Å². The number of thioether (sulfide) groups is 1. The lowest BCUT2D eigenvalue weighted by Gasteiger charge is -2.24. The standard InChI is InChI=1S/C13H18N2OS.ClH/c1-15(12-7-8-17-10-12)13(16)9-14-11-5-3-2-4-6-11;/h2-6,12,14H,7-10H2,1H3;1H. The second-order valence-corrected chi connectivity index (χ2v) is 5.39. The second-order valence-electron chi connectivity index (χ2n) is 4.24. The number of para-hydroxylation sites is 1. The van der Waals surface area contributed by atoms with Crippen LogP contribution in [0.25, 0.3) is 0 Å². The quantitative estimate of drug-likeness (QED) is 0.923. The molecule has 2 rings (SSSR count). The first-order valence-electron chi connectivity index (χ1n) is 5.89. The number of anilines is 1. The van der Waals surface area contributed by atoms with Gasteiger partial charge < -0.3 is 10.2 Å². The summed E-state index contributed by atoms with van der Waals surface area (Å²) in [5, 5.41) is 3.15. The maximum absolute atomic E-state index is 12.0. The average molecular weight is 287 g/mol. The van der Waals surface area contributed by atoms with Crippen LogP contribution >= 0.6 is 24.2 Å². The molecule has 1 heterocycles. The number of carbonyl (C=O) groups excluding carboxylic acids is 1. The predicted octanol–water partition coefficient (Wildman–Crippen LogP) is 2.48. The number of hydrogen-bond acceptors (Lipinski definition) is 3. The molecule has 1 aromatic rings. The van der Waals surface area contributed by atoms with Gasteiger partial charge in [-0.1, -0.05) is 18.2 Å². The summed E-state index contributed by atoms with van der Waals surface area (Å²) in [5.74, 6) is 2.42. The largest absolute Gasteiger partial charge is 0.376 e. The van der Waals surface area contributed by atoms with Crippen LogP contribution in [0.4, 0.5) is 5.69 Å². The van der Waals surface area contributed by atoms with Crippen LogP contribution in [-0.2, 0) is 4.79 Å². The minimum Gasteiger partial charge on any atom is -0.376 e. The van der Waals surface area contributed by atoms with Gasteiger partial charge in [-0.15, -0.1) is 12.4 Å². The maximum atomic E-state index is 12.0. The van der Waals surface area contributed by atoms with Crippen LogP contribution in [0.15, 0.2) is 30.3 Å². The first-order valence-corrected chi connectivity index (χ1v) is 7.05. The molecule has 1 fully saturated rings. The van der Waals surface area contributed by atoms with Crippen molar-refractivity contribution in [3.8, 4) is 0 Å². The number of hydrogen-bond donors (Lipinski definition) is 1. The number of carbonyl (C=O) groups is 1. The SMILES string of the molecule is CN(C(=O)CNc1ccccc1)C1CCSC1.Cl. The smallest absolute Gasteiger partial charge is 0.241 e. The Morgan fingerprint density at radius 2 is 2.17 bits per heavy atom. The number of nitrogens with zero attached hydrogens (tertiary/aromatic N) is 1. The summed E-state index contributed by atoms with van der Waals surface area (Å²) >= 11 is 1.93. The van der Waals surface area contributed by atoms with Crippen molar-refractivity contribution in [2.24, 2.45) is 0 Å². The van der Waals surface area contributed by atoms with E-state index in [0.717, 1.165) is 17.9 Å². The van der Waals surface area contributed by atoms with E-state index in [9.17, 15) is 4.79 Å². The number of halogens is 1. The Balaban J connectivity index is 0.00000162. The fourth-order valence-corrected chi connectivity index (χ4v) is 3.16. The molecule has 0 spiro atoms. The number of likely N-dealkylation sites (N-methyl/N-ethyl adjacent to an activating group) is 1. The summed E-state index contributed by atoms with van der Waals surface area (Å²) in [4.78, 5) is 13.8. The summed E-state index contributed by atoms with van der Waals surface area (Å²) in [7, 11) is 1.91. The van der Waals surface area contributed by atoms with E-state index in [1.165, 1.54) is 5.75 Å². The Morgan fingerprint density at radius 3 is 2.78 bits per heavy atom. The van der Waals surface area contributed by atoms with Gasteiger partial charge in [-0.2, -0.15) is 11.8 Å². The molecule has 1 atom stereocenters. The first kappa shape index (κ1) is 15.2. The fourth-order valence-electron chi connectivity index (χ4n) is 1.89. The van der Waals surface area contributed by atoms with E-state index in [0.29, 0.717) is 12.6 Å². The van der Waals surface area contributed by atoms with Crippen LogP contribution in [0.5, 0.6) is 0 Å². The van der Waals surface area contributed by atoms with E-state index in [2.05, 4.69) is 5.32 Å². The van der Waals surface area contributed by atoms with Gasteiger partial charge >= 0.3 is 0 Å². The van der Waals surface area contributed by atoms with Crippen molar-refractivity contribution >= 4 is 35.8 Å². The summed E-state index contributed by atoms with van der Waals surface area (Å²) in [6, 6.07) is 10.3. The zero-order chi connectivity index (χ0) is 12.1. The van der Waals surface area contributed by atoms with Gasteiger partial charge in [0, 0.05) is 24.5 Å². The first-order chi connectivity index (χ1) is 8.27. The number of nitrogens with one attached hydrogen (secondary N) is 1. The molecule has 3 nitrogen and oxygen atoms in total. The lowest BCUT2D eigenvalue weighted by Crippen LogP contribution is -2.40. The summed E-state index contributed by atoms with van der Waals surface area (Å²) < 4.78 is 0. The van der Waals surface area contributed by atoms with Crippen LogP contribution < -0.4 is 5.32 Å². The molecule has 18 heavy (non-hydrogen) atoms. The highest BCUT2D eigenvalue weighted by Gasteiger charge is 2.23. The molecule has 1 N–H and O–H groups in total. The predicted molar refractivity (Wildman–Crippen MR) is 80.7 cm³/mol. The van der Waals surface area contributed by atoms with E-state index in [1.807, 2.05) is 54.0 Å². The molecule has 1 amide bonds. The average Bonchev–Trinajstić information content (AvgIpc) is 2.90. The molecule has 1 unspecified atom stereocenters. The van der Waals surface area contributed by atoms with Crippen molar-refractivity contribution in [3.05, 3.63) is 30.3 Å². The summed E-state index contributed by atoms with van der Waals surface area (Å²) in [6.45, 7) is 0.377. The van der Waals surface area contributed by atoms with Gasteiger partial charge in [-0.05, 0) is 24.3 Å². The van der Waals surface area contributed by atoms with E-state index in [4.69, 9.17) is 0 Å². The van der Waals surface area contributed by atoms with Crippen LogP contribution in [0, 0.1) is 0 Å². The van der Waals surface area contributed by atoms with Gasteiger partial charge in [0.25, 0.3) is 0 Å². The van der Waals surface area contributed by atoms with E-state index < -0.39 is 0 Å². The summed E-state index contributed by atoms with van der Waals surface area (Å²) in [5.41, 5.74) is 0.995. The molecule has 1 aliphatic rings. The van der Waals surface area contributed by atoms with Crippen molar-refractivity contribution in [3.63, 3.8) is 0 Å². The second kappa shape index (κ2) is 7.54. The third-order valence-electron chi connectivity index (χ3n) is 3.06. The van der Waals surface area contributed by atoms with E-state index in [-0.39, 0.29) is 18.3 Å². The maximum Gasteiger partial charge on any atom is 0.241 e. The number of benzene rings is 1. The molecule has 1 aromatic carbocycles. The Bertz CT molecular complexity index is 369. The molecule has 0 bridgehead atoms. The highest BCUT2D eigenvalue weighted by atomic mass is 35.5. The topological polar surface area (TPSA) is 32.3 Å². The minimum absolute atomic E-state index is 0. The van der Waals surface area contributed by atoms with Gasteiger partial charge in [0.15, 0.2) is 0 Å². The molecular formula is C13H19ClN2OS. The lowest BCUT2D eigenvalue weighted by atomic mass is 10.2. The number of amides is 1. The van der Waals surface area contributed by atoms with Crippen molar-refractivity contribution < 1.29 is 4.79 Å². The minimum atomic E-state index is 0. The summed E-state index contributed by atoms with van der Waals surface area (Å²) in [6.07, 6.45) is 1.12. The molecule has 100 valence electrons. The zero-order valence-electron chi connectivity index (χ0n) is 10.5. The lowest BCUT2D eigenvalue weighted by molar-refractivity contribution is -0.129. The molecule has 0 aliphatic carbocycles. The highest BCUT2D eigenvalue weighted by molar-refractivity contribution is 7.99. The van der Waals surface area contributed by atoms with E-state index >= 15 is 0 Å². The third kappa shape index (κ3) is 4.10. The van der Waals surface area contributed by atoms with E-state index in [1.54, 1.807) is 0 Å². The van der Waals surface area contributed by atoms with Crippen LogP contribution in [0.2, 0.25) is 0 Å². The molecular weight excluding hydrogens is 268 g/mol. The van der Waals surface area contributed by atoms with Gasteiger partial charge in [0.05, 0.1) is 6.54 Å². The van der Waals surface area contributed by atoms with Crippen molar-refractivity contribution in [1.29, 1.82) is 0 Å². The normalized spacial score (nSPS) is 17.9. The van der Waals surface area contributed by atoms with Gasteiger partial charge in [0.1, 0.15) is 0 Å². The van der Waals surface area contributed by atoms with Gasteiger partial charge in [-0.25, -0.2) is 0 Å². The Labute approximate surface area is 119 Å². The third-order valence-corrected chi connectivity index (χ3v) is 4.21. The van der Waals surface area contributed by atoms with Crippen LogP contribution in [0.1, 0.15) is 6.42 Å². The Kier molecular flexibility index (Phi) is 6.36. The molecule has 0 radical (unpaired) electrons. The Hall–Kier alpha value is -0.870. The van der Waals surface area contributed by atoms with Crippen molar-refractivity contribution in [2.45, 2.75) is 12.5 Å². The Morgan fingerprint density at radius 1 is 1.44 bits per heavy atom.